The predicted molar refractivity (Wildman–Crippen MR) is 76.7 cm³/mol. The third-order valence-corrected chi connectivity index (χ3v) is 3.08. The molecule has 0 saturated heterocycles. The summed E-state index contributed by atoms with van der Waals surface area (Å²) in [5.74, 6) is -1.08. The SMILES string of the molecule is CCOC(=O)[C@H](COC(C)=O)c1cc(Br)ccc1OC. The number of rotatable bonds is 6. The highest BCUT2D eigenvalue weighted by molar-refractivity contribution is 9.10. The number of methoxy groups -OCH3 is 1. The van der Waals surface area contributed by atoms with Crippen LogP contribution in [-0.4, -0.2) is 32.3 Å². The van der Waals surface area contributed by atoms with Gasteiger partial charge in [0.05, 0.1) is 13.7 Å². The van der Waals surface area contributed by atoms with E-state index >= 15 is 0 Å². The van der Waals surface area contributed by atoms with E-state index in [1.165, 1.54) is 14.0 Å². The van der Waals surface area contributed by atoms with Crippen LogP contribution in [0.15, 0.2) is 22.7 Å². The summed E-state index contributed by atoms with van der Waals surface area (Å²) >= 11 is 3.35. The number of carbonyl (C=O) groups excluding carboxylic acids is 2. The minimum atomic E-state index is -0.716. The summed E-state index contributed by atoms with van der Waals surface area (Å²) in [4.78, 5) is 23.0. The number of hydrogen-bond acceptors (Lipinski definition) is 5. The van der Waals surface area contributed by atoms with E-state index < -0.39 is 17.9 Å². The average molecular weight is 345 g/mol. The molecular weight excluding hydrogens is 328 g/mol. The largest absolute Gasteiger partial charge is 0.496 e. The second-order valence-corrected chi connectivity index (χ2v) is 4.91. The van der Waals surface area contributed by atoms with Crippen LogP contribution >= 0.6 is 15.9 Å². The second-order valence-electron chi connectivity index (χ2n) is 3.99. The summed E-state index contributed by atoms with van der Waals surface area (Å²) in [5, 5.41) is 0. The third kappa shape index (κ3) is 4.52. The van der Waals surface area contributed by atoms with Crippen LogP contribution < -0.4 is 4.74 Å². The van der Waals surface area contributed by atoms with Gasteiger partial charge in [-0.25, -0.2) is 0 Å². The second kappa shape index (κ2) is 7.89. The first-order valence-electron chi connectivity index (χ1n) is 6.13. The number of ether oxygens (including phenoxy) is 3. The van der Waals surface area contributed by atoms with E-state index in [1.807, 2.05) is 0 Å². The zero-order valence-corrected chi connectivity index (χ0v) is 13.2. The Labute approximate surface area is 126 Å². The molecule has 0 saturated carbocycles. The van der Waals surface area contributed by atoms with Crippen molar-refractivity contribution in [3.05, 3.63) is 28.2 Å². The van der Waals surface area contributed by atoms with Crippen LogP contribution in [0, 0.1) is 0 Å². The van der Waals surface area contributed by atoms with E-state index in [4.69, 9.17) is 14.2 Å². The van der Waals surface area contributed by atoms with Crippen molar-refractivity contribution in [3.8, 4) is 5.75 Å². The molecule has 1 rings (SSSR count). The average Bonchev–Trinajstić information content (AvgIpc) is 2.39. The topological polar surface area (TPSA) is 61.8 Å². The molecule has 0 amide bonds. The smallest absolute Gasteiger partial charge is 0.317 e. The Kier molecular flexibility index (Phi) is 6.51. The highest BCUT2D eigenvalue weighted by Crippen LogP contribution is 2.31. The van der Waals surface area contributed by atoms with E-state index in [0.717, 1.165) is 4.47 Å². The zero-order chi connectivity index (χ0) is 15.1. The van der Waals surface area contributed by atoms with Crippen LogP contribution in [0.1, 0.15) is 25.3 Å². The number of benzene rings is 1. The van der Waals surface area contributed by atoms with Gasteiger partial charge in [-0.3, -0.25) is 9.59 Å². The fourth-order valence-electron chi connectivity index (χ4n) is 1.71. The summed E-state index contributed by atoms with van der Waals surface area (Å²) < 4.78 is 16.0. The van der Waals surface area contributed by atoms with Crippen molar-refractivity contribution in [2.75, 3.05) is 20.3 Å². The highest BCUT2D eigenvalue weighted by Gasteiger charge is 2.27. The van der Waals surface area contributed by atoms with Gasteiger partial charge in [-0.05, 0) is 25.1 Å². The van der Waals surface area contributed by atoms with Gasteiger partial charge in [-0.2, -0.15) is 0 Å². The number of halogens is 1. The van der Waals surface area contributed by atoms with Gasteiger partial charge in [-0.15, -0.1) is 0 Å². The summed E-state index contributed by atoms with van der Waals surface area (Å²) in [6.07, 6.45) is 0. The van der Waals surface area contributed by atoms with Crippen LogP contribution in [-0.2, 0) is 19.1 Å². The fourth-order valence-corrected chi connectivity index (χ4v) is 2.08. The van der Waals surface area contributed by atoms with Gasteiger partial charge in [-0.1, -0.05) is 15.9 Å². The molecule has 0 N–H and O–H groups in total. The summed E-state index contributed by atoms with van der Waals surface area (Å²) in [6, 6.07) is 5.29. The van der Waals surface area contributed by atoms with Crippen molar-refractivity contribution in [1.82, 2.24) is 0 Å². The van der Waals surface area contributed by atoms with Crippen molar-refractivity contribution in [2.24, 2.45) is 0 Å². The van der Waals surface area contributed by atoms with Crippen molar-refractivity contribution in [2.45, 2.75) is 19.8 Å². The van der Waals surface area contributed by atoms with Crippen LogP contribution in [0.25, 0.3) is 0 Å². The van der Waals surface area contributed by atoms with E-state index in [9.17, 15) is 9.59 Å². The lowest BCUT2D eigenvalue weighted by Gasteiger charge is -2.18. The van der Waals surface area contributed by atoms with Crippen LogP contribution in [0.5, 0.6) is 5.75 Å². The molecule has 0 bridgehead atoms. The van der Waals surface area contributed by atoms with Gasteiger partial charge in [0.2, 0.25) is 0 Å². The first-order chi connectivity index (χ1) is 9.49. The molecule has 1 atom stereocenters. The zero-order valence-electron chi connectivity index (χ0n) is 11.6. The van der Waals surface area contributed by atoms with Gasteiger partial charge in [0.15, 0.2) is 0 Å². The van der Waals surface area contributed by atoms with Crippen molar-refractivity contribution in [1.29, 1.82) is 0 Å². The molecule has 5 nitrogen and oxygen atoms in total. The van der Waals surface area contributed by atoms with Gasteiger partial charge in [0.1, 0.15) is 18.3 Å². The monoisotopic (exact) mass is 344 g/mol. The Morgan fingerprint density at radius 1 is 1.30 bits per heavy atom. The summed E-state index contributed by atoms with van der Waals surface area (Å²) in [7, 11) is 1.51. The number of esters is 2. The summed E-state index contributed by atoms with van der Waals surface area (Å²) in [6.45, 7) is 3.19. The Morgan fingerprint density at radius 2 is 2.00 bits per heavy atom. The van der Waals surface area contributed by atoms with Gasteiger partial charge in [0.25, 0.3) is 0 Å². The van der Waals surface area contributed by atoms with Crippen LogP contribution in [0.3, 0.4) is 0 Å². The Balaban J connectivity index is 3.11. The van der Waals surface area contributed by atoms with Gasteiger partial charge in [0, 0.05) is 17.0 Å². The molecule has 0 unspecified atom stereocenters. The molecule has 20 heavy (non-hydrogen) atoms. The lowest BCUT2D eigenvalue weighted by atomic mass is 9.99. The fraction of sp³-hybridized carbons (Fsp3) is 0.429. The normalized spacial score (nSPS) is 11.6. The Hall–Kier alpha value is -1.56. The molecule has 1 aromatic carbocycles. The maximum atomic E-state index is 12.1. The molecule has 0 fully saturated rings. The van der Waals surface area contributed by atoms with E-state index in [-0.39, 0.29) is 13.2 Å². The van der Waals surface area contributed by atoms with Gasteiger partial charge >= 0.3 is 11.9 Å². The molecule has 0 aliphatic rings. The quantitative estimate of drug-likeness (QED) is 0.742. The van der Waals surface area contributed by atoms with Gasteiger partial charge < -0.3 is 14.2 Å². The van der Waals surface area contributed by atoms with Crippen LogP contribution in [0.2, 0.25) is 0 Å². The molecule has 0 aromatic heterocycles. The molecule has 0 radical (unpaired) electrons. The predicted octanol–water partition coefficient (Wildman–Crippen LogP) is 2.67. The Morgan fingerprint density at radius 3 is 2.55 bits per heavy atom. The molecule has 1 aromatic rings. The molecule has 110 valence electrons. The Bertz CT molecular complexity index is 486. The first-order valence-corrected chi connectivity index (χ1v) is 6.92. The van der Waals surface area contributed by atoms with E-state index in [0.29, 0.717) is 11.3 Å². The molecular formula is C14H17BrO5. The minimum Gasteiger partial charge on any atom is -0.496 e. The minimum absolute atomic E-state index is 0.0824. The van der Waals surface area contributed by atoms with Crippen molar-refractivity contribution >= 4 is 27.9 Å². The van der Waals surface area contributed by atoms with Crippen molar-refractivity contribution in [3.63, 3.8) is 0 Å². The van der Waals surface area contributed by atoms with E-state index in [2.05, 4.69) is 15.9 Å². The lowest BCUT2D eigenvalue weighted by molar-refractivity contribution is -0.150. The molecule has 0 aliphatic heterocycles. The highest BCUT2D eigenvalue weighted by atomic mass is 79.9. The van der Waals surface area contributed by atoms with Crippen LogP contribution in [0.4, 0.5) is 0 Å². The maximum Gasteiger partial charge on any atom is 0.317 e. The maximum absolute atomic E-state index is 12.1. The standard InChI is InChI=1S/C14H17BrO5/c1-4-19-14(17)12(8-20-9(2)16)11-7-10(15)5-6-13(11)18-3/h5-7,12H,4,8H2,1-3H3/t12-/m1/s1. The molecule has 0 aliphatic carbocycles. The molecule has 6 heteroatoms. The van der Waals surface area contributed by atoms with E-state index in [1.54, 1.807) is 25.1 Å². The molecule has 0 spiro atoms. The third-order valence-electron chi connectivity index (χ3n) is 2.59. The molecule has 0 heterocycles. The van der Waals surface area contributed by atoms with Crippen molar-refractivity contribution < 1.29 is 23.8 Å². The first kappa shape index (κ1) is 16.5. The summed E-state index contributed by atoms with van der Waals surface area (Å²) in [5.41, 5.74) is 0.613. The lowest BCUT2D eigenvalue weighted by Crippen LogP contribution is -2.22. The number of carbonyl (C=O) groups is 2. The number of hydrogen-bond donors (Lipinski definition) is 0.